The summed E-state index contributed by atoms with van der Waals surface area (Å²) < 4.78 is 4.61. The Balaban J connectivity index is 2.54. The first kappa shape index (κ1) is 10.5. The third-order valence-electron chi connectivity index (χ3n) is 2.74. The highest BCUT2D eigenvalue weighted by Gasteiger charge is 2.39. The van der Waals surface area contributed by atoms with Crippen LogP contribution in [0.5, 0.6) is 0 Å². The van der Waals surface area contributed by atoms with Crippen LogP contribution in [0.15, 0.2) is 0 Å². The zero-order valence-corrected chi connectivity index (χ0v) is 8.54. The number of esters is 1. The van der Waals surface area contributed by atoms with E-state index in [4.69, 9.17) is 5.73 Å². The van der Waals surface area contributed by atoms with Gasteiger partial charge >= 0.3 is 5.97 Å². The van der Waals surface area contributed by atoms with Crippen LogP contribution in [-0.4, -0.2) is 43.2 Å². The molecule has 1 saturated heterocycles. The van der Waals surface area contributed by atoms with E-state index in [2.05, 4.69) is 16.6 Å². The number of hydrogen-bond acceptors (Lipinski definition) is 4. The van der Waals surface area contributed by atoms with Crippen molar-refractivity contribution in [2.24, 2.45) is 5.73 Å². The molecule has 1 heterocycles. The first-order chi connectivity index (χ1) is 5.97. The summed E-state index contributed by atoms with van der Waals surface area (Å²) in [6, 6.07) is 0.453. The van der Waals surface area contributed by atoms with E-state index in [-0.39, 0.29) is 11.5 Å². The fraction of sp³-hybridized carbons (Fsp3) is 0.889. The maximum Gasteiger partial charge on any atom is 0.307 e. The van der Waals surface area contributed by atoms with Gasteiger partial charge in [0.25, 0.3) is 0 Å². The van der Waals surface area contributed by atoms with Crippen molar-refractivity contribution in [3.63, 3.8) is 0 Å². The highest BCUT2D eigenvalue weighted by Crippen LogP contribution is 2.26. The van der Waals surface area contributed by atoms with Crippen LogP contribution < -0.4 is 5.73 Å². The number of carbonyl (C=O) groups excluding carboxylic acids is 1. The molecular formula is C9H18N2O2. The summed E-state index contributed by atoms with van der Waals surface area (Å²) in [5, 5.41) is 0. The van der Waals surface area contributed by atoms with Crippen LogP contribution in [0.3, 0.4) is 0 Å². The summed E-state index contributed by atoms with van der Waals surface area (Å²) in [6.45, 7) is 2.88. The Morgan fingerprint density at radius 3 is 2.77 bits per heavy atom. The van der Waals surface area contributed by atoms with Crippen LogP contribution in [-0.2, 0) is 9.53 Å². The number of rotatable bonds is 2. The fourth-order valence-electron chi connectivity index (χ4n) is 1.95. The SMILES string of the molecule is COC(=O)CC1(N)CC(C)N(C)C1. The van der Waals surface area contributed by atoms with Gasteiger partial charge in [0.15, 0.2) is 0 Å². The van der Waals surface area contributed by atoms with Gasteiger partial charge in [-0.15, -0.1) is 0 Å². The molecule has 2 atom stereocenters. The number of hydrogen-bond donors (Lipinski definition) is 1. The highest BCUT2D eigenvalue weighted by atomic mass is 16.5. The lowest BCUT2D eigenvalue weighted by atomic mass is 9.94. The average molecular weight is 186 g/mol. The van der Waals surface area contributed by atoms with E-state index >= 15 is 0 Å². The zero-order chi connectivity index (χ0) is 10.1. The molecule has 76 valence electrons. The smallest absolute Gasteiger partial charge is 0.307 e. The Morgan fingerprint density at radius 1 is 1.77 bits per heavy atom. The van der Waals surface area contributed by atoms with Gasteiger partial charge in [-0.3, -0.25) is 4.79 Å². The van der Waals surface area contributed by atoms with Gasteiger partial charge in [-0.1, -0.05) is 0 Å². The van der Waals surface area contributed by atoms with Crippen molar-refractivity contribution in [1.82, 2.24) is 4.90 Å². The predicted octanol–water partition coefficient (Wildman–Crippen LogP) is -0.0290. The normalized spacial score (nSPS) is 34.9. The molecule has 2 N–H and O–H groups in total. The van der Waals surface area contributed by atoms with Gasteiger partial charge in [0, 0.05) is 18.1 Å². The molecule has 1 fully saturated rings. The Morgan fingerprint density at radius 2 is 2.38 bits per heavy atom. The summed E-state index contributed by atoms with van der Waals surface area (Å²) in [6.07, 6.45) is 1.18. The molecule has 0 aromatic carbocycles. The van der Waals surface area contributed by atoms with Crippen molar-refractivity contribution in [3.05, 3.63) is 0 Å². The lowest BCUT2D eigenvalue weighted by Gasteiger charge is -2.21. The number of carbonyl (C=O) groups is 1. The van der Waals surface area contributed by atoms with Gasteiger partial charge in [-0.25, -0.2) is 0 Å². The van der Waals surface area contributed by atoms with E-state index in [1.54, 1.807) is 0 Å². The topological polar surface area (TPSA) is 55.6 Å². The molecule has 1 aliphatic rings. The second-order valence-electron chi connectivity index (χ2n) is 4.08. The summed E-state index contributed by atoms with van der Waals surface area (Å²) in [5.41, 5.74) is 5.69. The summed E-state index contributed by atoms with van der Waals surface area (Å²) in [5.74, 6) is -0.218. The van der Waals surface area contributed by atoms with Crippen molar-refractivity contribution in [1.29, 1.82) is 0 Å². The molecule has 0 aliphatic carbocycles. The van der Waals surface area contributed by atoms with Crippen molar-refractivity contribution >= 4 is 5.97 Å². The van der Waals surface area contributed by atoms with E-state index in [1.807, 2.05) is 7.05 Å². The van der Waals surface area contributed by atoms with Gasteiger partial charge in [-0.05, 0) is 20.4 Å². The maximum absolute atomic E-state index is 11.1. The number of nitrogens with two attached hydrogens (primary N) is 1. The molecule has 0 aromatic rings. The molecule has 1 rings (SSSR count). The first-order valence-corrected chi connectivity index (χ1v) is 4.53. The number of nitrogens with zero attached hydrogens (tertiary/aromatic N) is 1. The third-order valence-corrected chi connectivity index (χ3v) is 2.74. The van der Waals surface area contributed by atoms with Crippen LogP contribution in [0, 0.1) is 0 Å². The van der Waals surface area contributed by atoms with Crippen molar-refractivity contribution < 1.29 is 9.53 Å². The number of likely N-dealkylation sites (N-methyl/N-ethyl adjacent to an activating group) is 1. The Kier molecular flexibility index (Phi) is 2.93. The molecule has 0 aromatic heterocycles. The molecule has 13 heavy (non-hydrogen) atoms. The standard InChI is InChI=1S/C9H18N2O2/c1-7-4-9(10,6-11(7)2)5-8(12)13-3/h7H,4-6,10H2,1-3H3. The minimum atomic E-state index is -0.388. The summed E-state index contributed by atoms with van der Waals surface area (Å²) in [7, 11) is 3.42. The number of ether oxygens (including phenoxy) is 1. The summed E-state index contributed by atoms with van der Waals surface area (Å²) >= 11 is 0. The lowest BCUT2D eigenvalue weighted by molar-refractivity contribution is -0.141. The minimum absolute atomic E-state index is 0.218. The first-order valence-electron chi connectivity index (χ1n) is 4.53. The quantitative estimate of drug-likeness (QED) is 0.615. The van der Waals surface area contributed by atoms with Gasteiger partial charge in [0.1, 0.15) is 0 Å². The van der Waals surface area contributed by atoms with Crippen molar-refractivity contribution in [2.45, 2.75) is 31.3 Å². The minimum Gasteiger partial charge on any atom is -0.469 e. The van der Waals surface area contributed by atoms with Crippen molar-refractivity contribution in [3.8, 4) is 0 Å². The second kappa shape index (κ2) is 3.64. The van der Waals surface area contributed by atoms with Gasteiger partial charge in [0.2, 0.25) is 0 Å². The van der Waals surface area contributed by atoms with Crippen LogP contribution in [0.25, 0.3) is 0 Å². The molecule has 0 radical (unpaired) electrons. The van der Waals surface area contributed by atoms with E-state index in [0.717, 1.165) is 13.0 Å². The molecule has 4 nitrogen and oxygen atoms in total. The molecular weight excluding hydrogens is 168 g/mol. The molecule has 0 spiro atoms. The van der Waals surface area contributed by atoms with Crippen LogP contribution in [0.4, 0.5) is 0 Å². The molecule has 1 aliphatic heterocycles. The molecule has 2 unspecified atom stereocenters. The van der Waals surface area contributed by atoms with Gasteiger partial charge < -0.3 is 15.4 Å². The molecule has 0 saturated carbocycles. The lowest BCUT2D eigenvalue weighted by Crippen LogP contribution is -2.44. The average Bonchev–Trinajstić information content (AvgIpc) is 2.25. The Bertz CT molecular complexity index is 196. The Hall–Kier alpha value is -0.610. The van der Waals surface area contributed by atoms with E-state index in [9.17, 15) is 4.79 Å². The number of methoxy groups -OCH3 is 1. The predicted molar refractivity (Wildman–Crippen MR) is 50.3 cm³/mol. The van der Waals surface area contributed by atoms with Crippen LogP contribution >= 0.6 is 0 Å². The Labute approximate surface area is 79.0 Å². The third kappa shape index (κ3) is 2.42. The molecule has 0 bridgehead atoms. The zero-order valence-electron chi connectivity index (χ0n) is 8.54. The van der Waals surface area contributed by atoms with Gasteiger partial charge in [0.05, 0.1) is 13.5 Å². The monoisotopic (exact) mass is 186 g/mol. The maximum atomic E-state index is 11.1. The van der Waals surface area contributed by atoms with E-state index < -0.39 is 0 Å². The molecule has 0 amide bonds. The van der Waals surface area contributed by atoms with E-state index in [1.165, 1.54) is 7.11 Å². The summed E-state index contributed by atoms with van der Waals surface area (Å²) in [4.78, 5) is 13.2. The highest BCUT2D eigenvalue weighted by molar-refractivity contribution is 5.70. The van der Waals surface area contributed by atoms with Gasteiger partial charge in [-0.2, -0.15) is 0 Å². The number of likely N-dealkylation sites (tertiary alicyclic amines) is 1. The van der Waals surface area contributed by atoms with Crippen molar-refractivity contribution in [2.75, 3.05) is 20.7 Å². The van der Waals surface area contributed by atoms with Crippen LogP contribution in [0.1, 0.15) is 19.8 Å². The fourth-order valence-corrected chi connectivity index (χ4v) is 1.95. The van der Waals surface area contributed by atoms with Crippen LogP contribution in [0.2, 0.25) is 0 Å². The molecule has 4 heteroatoms. The largest absolute Gasteiger partial charge is 0.469 e. The second-order valence-corrected chi connectivity index (χ2v) is 4.08. The van der Waals surface area contributed by atoms with E-state index in [0.29, 0.717) is 12.5 Å².